The molecule has 0 saturated carbocycles. The van der Waals surface area contributed by atoms with Gasteiger partial charge in [-0.1, -0.05) is 38.8 Å². The third-order valence-electron chi connectivity index (χ3n) is 3.17. The molecule has 0 amide bonds. The van der Waals surface area contributed by atoms with E-state index in [9.17, 15) is 0 Å². The fourth-order valence-electron chi connectivity index (χ4n) is 1.97. The normalized spacial score (nSPS) is 13.9. The van der Waals surface area contributed by atoms with Gasteiger partial charge in [-0.15, -0.1) is 0 Å². The van der Waals surface area contributed by atoms with Gasteiger partial charge in [-0.3, -0.25) is 4.98 Å². The highest BCUT2D eigenvalue weighted by molar-refractivity contribution is 9.11. The van der Waals surface area contributed by atoms with Gasteiger partial charge in [0, 0.05) is 21.7 Å². The molecule has 2 nitrogen and oxygen atoms in total. The Balaban J connectivity index is 2.31. The third-order valence-corrected chi connectivity index (χ3v) is 5.18. The van der Waals surface area contributed by atoms with Crippen LogP contribution in [0.25, 0.3) is 0 Å². The summed E-state index contributed by atoms with van der Waals surface area (Å²) in [5, 5.41) is 0. The number of hydrogen-bond acceptors (Lipinski definition) is 2. The number of benzene rings is 1. The van der Waals surface area contributed by atoms with Crippen LogP contribution in [0, 0.1) is 0 Å². The van der Waals surface area contributed by atoms with Crippen LogP contribution in [0.15, 0.2) is 47.2 Å². The fraction of sp³-hybridized carbons (Fsp3) is 0.267. The van der Waals surface area contributed by atoms with Crippen molar-refractivity contribution in [2.75, 3.05) is 7.11 Å². The summed E-state index contributed by atoms with van der Waals surface area (Å²) in [5.74, 6) is 1.20. The van der Waals surface area contributed by atoms with E-state index in [1.54, 1.807) is 7.11 Å². The van der Waals surface area contributed by atoms with Crippen LogP contribution in [0.1, 0.15) is 28.8 Å². The number of pyridine rings is 1. The molecule has 0 spiro atoms. The number of alkyl halides is 1. The van der Waals surface area contributed by atoms with E-state index in [0.29, 0.717) is 5.92 Å². The molecule has 0 aliphatic heterocycles. The van der Waals surface area contributed by atoms with Crippen LogP contribution in [-0.4, -0.2) is 12.1 Å². The molecule has 100 valence electrons. The Bertz CT molecular complexity index is 545. The lowest BCUT2D eigenvalue weighted by Crippen LogP contribution is -2.03. The number of hydrogen-bond donors (Lipinski definition) is 0. The Kier molecular flexibility index (Phi) is 4.99. The lowest BCUT2D eigenvalue weighted by molar-refractivity contribution is 0.414. The predicted molar refractivity (Wildman–Crippen MR) is 85.0 cm³/mol. The van der Waals surface area contributed by atoms with Crippen LogP contribution in [0.2, 0.25) is 0 Å². The Hall–Kier alpha value is -0.870. The highest BCUT2D eigenvalue weighted by Crippen LogP contribution is 2.41. The summed E-state index contributed by atoms with van der Waals surface area (Å²) >= 11 is 7.40. The predicted octanol–water partition coefficient (Wildman–Crippen LogP) is 5.09. The highest BCUT2D eigenvalue weighted by Gasteiger charge is 2.20. The largest absolute Gasteiger partial charge is 0.497 e. The van der Waals surface area contributed by atoms with Gasteiger partial charge in [0.25, 0.3) is 0 Å². The molecule has 0 aliphatic rings. The maximum Gasteiger partial charge on any atom is 0.119 e. The summed E-state index contributed by atoms with van der Waals surface area (Å²) in [6, 6.07) is 10.1. The first-order valence-corrected chi connectivity index (χ1v) is 7.71. The van der Waals surface area contributed by atoms with E-state index >= 15 is 0 Å². The molecule has 0 bridgehead atoms. The van der Waals surface area contributed by atoms with E-state index in [1.165, 1.54) is 11.1 Å². The first kappa shape index (κ1) is 14.5. The molecule has 1 heterocycles. The van der Waals surface area contributed by atoms with Crippen LogP contribution in [0.5, 0.6) is 5.75 Å². The minimum atomic E-state index is 0.208. The molecule has 1 aromatic heterocycles. The molecule has 0 radical (unpaired) electrons. The number of nitrogens with zero attached hydrogens (tertiary/aromatic N) is 1. The highest BCUT2D eigenvalue weighted by atomic mass is 79.9. The van der Waals surface area contributed by atoms with Gasteiger partial charge < -0.3 is 4.74 Å². The number of aromatic nitrogens is 1. The summed E-state index contributed by atoms with van der Waals surface area (Å²) in [6.07, 6.45) is 3.65. The third kappa shape index (κ3) is 3.37. The minimum Gasteiger partial charge on any atom is -0.497 e. The molecule has 2 unspecified atom stereocenters. The van der Waals surface area contributed by atoms with Gasteiger partial charge in [0.05, 0.1) is 7.11 Å². The van der Waals surface area contributed by atoms with Crippen molar-refractivity contribution < 1.29 is 4.74 Å². The molecule has 19 heavy (non-hydrogen) atoms. The molecule has 4 heteroatoms. The lowest BCUT2D eigenvalue weighted by atomic mass is 9.94. The second kappa shape index (κ2) is 6.53. The molecule has 0 N–H and O–H groups in total. The van der Waals surface area contributed by atoms with Gasteiger partial charge in [0.15, 0.2) is 0 Å². The second-order valence-corrected chi connectivity index (χ2v) is 6.20. The van der Waals surface area contributed by atoms with Gasteiger partial charge in [0.1, 0.15) is 5.75 Å². The molecule has 1 aromatic carbocycles. The fourth-order valence-corrected chi connectivity index (χ4v) is 3.45. The number of ether oxygens (including phenoxy) is 1. The zero-order chi connectivity index (χ0) is 13.8. The summed E-state index contributed by atoms with van der Waals surface area (Å²) < 4.78 is 6.37. The smallest absolute Gasteiger partial charge is 0.119 e. The number of methoxy groups -OCH3 is 1. The van der Waals surface area contributed by atoms with Crippen molar-refractivity contribution in [2.45, 2.75) is 17.7 Å². The van der Waals surface area contributed by atoms with Crippen molar-refractivity contribution >= 4 is 31.9 Å². The lowest BCUT2D eigenvalue weighted by Gasteiger charge is -2.20. The molecule has 0 fully saturated rings. The minimum absolute atomic E-state index is 0.208. The molecular formula is C15H15Br2NO. The van der Waals surface area contributed by atoms with Gasteiger partial charge in [-0.2, -0.15) is 0 Å². The Morgan fingerprint density at radius 2 is 1.84 bits per heavy atom. The van der Waals surface area contributed by atoms with E-state index in [-0.39, 0.29) is 4.83 Å². The topological polar surface area (TPSA) is 22.1 Å². The van der Waals surface area contributed by atoms with E-state index in [2.05, 4.69) is 49.8 Å². The van der Waals surface area contributed by atoms with Gasteiger partial charge in [0.2, 0.25) is 0 Å². The first-order valence-electron chi connectivity index (χ1n) is 6.01. The van der Waals surface area contributed by atoms with Crippen molar-refractivity contribution in [1.82, 2.24) is 4.98 Å². The molecule has 0 aliphatic carbocycles. The molecule has 2 aromatic rings. The standard InChI is InChI=1S/C15H15Br2NO/c1-10(11-5-7-18-8-6-11)15(17)13-9-12(19-2)3-4-14(13)16/h3-10,15H,1-2H3. The molecule has 2 atom stereocenters. The van der Waals surface area contributed by atoms with Crippen LogP contribution in [-0.2, 0) is 0 Å². The van der Waals surface area contributed by atoms with E-state index in [4.69, 9.17) is 4.74 Å². The average molecular weight is 385 g/mol. The van der Waals surface area contributed by atoms with Crippen LogP contribution < -0.4 is 4.74 Å². The molecular weight excluding hydrogens is 370 g/mol. The Morgan fingerprint density at radius 1 is 1.16 bits per heavy atom. The SMILES string of the molecule is COc1ccc(Br)c(C(Br)C(C)c2ccncc2)c1. The summed E-state index contributed by atoms with van der Waals surface area (Å²) in [6.45, 7) is 2.20. The Morgan fingerprint density at radius 3 is 2.47 bits per heavy atom. The average Bonchev–Trinajstić information content (AvgIpc) is 2.47. The maximum absolute atomic E-state index is 5.29. The van der Waals surface area contributed by atoms with Gasteiger partial charge in [-0.05, 0) is 47.4 Å². The number of halogens is 2. The van der Waals surface area contributed by atoms with Gasteiger partial charge in [-0.25, -0.2) is 0 Å². The molecule has 0 saturated heterocycles. The summed E-state index contributed by atoms with van der Waals surface area (Å²) in [7, 11) is 1.68. The zero-order valence-electron chi connectivity index (χ0n) is 10.8. The van der Waals surface area contributed by atoms with E-state index in [0.717, 1.165) is 10.2 Å². The van der Waals surface area contributed by atoms with Crippen molar-refractivity contribution in [1.29, 1.82) is 0 Å². The monoisotopic (exact) mass is 383 g/mol. The zero-order valence-corrected chi connectivity index (χ0v) is 14.0. The Labute approximate surface area is 130 Å². The van der Waals surface area contributed by atoms with Crippen molar-refractivity contribution in [3.63, 3.8) is 0 Å². The van der Waals surface area contributed by atoms with Gasteiger partial charge >= 0.3 is 0 Å². The van der Waals surface area contributed by atoms with Crippen molar-refractivity contribution in [2.24, 2.45) is 0 Å². The van der Waals surface area contributed by atoms with Crippen molar-refractivity contribution in [3.8, 4) is 5.75 Å². The van der Waals surface area contributed by atoms with E-state index in [1.807, 2.05) is 36.7 Å². The maximum atomic E-state index is 5.29. The van der Waals surface area contributed by atoms with Crippen LogP contribution in [0.3, 0.4) is 0 Å². The summed E-state index contributed by atoms with van der Waals surface area (Å²) in [5.41, 5.74) is 2.44. The van der Waals surface area contributed by atoms with Crippen LogP contribution in [0.4, 0.5) is 0 Å². The van der Waals surface area contributed by atoms with Crippen LogP contribution >= 0.6 is 31.9 Å². The quantitative estimate of drug-likeness (QED) is 0.684. The first-order chi connectivity index (χ1) is 9.13. The molecule has 2 rings (SSSR count). The number of rotatable bonds is 4. The second-order valence-electron chi connectivity index (χ2n) is 4.36. The van der Waals surface area contributed by atoms with E-state index < -0.39 is 0 Å². The van der Waals surface area contributed by atoms with Crippen molar-refractivity contribution in [3.05, 3.63) is 58.3 Å². The summed E-state index contributed by atoms with van der Waals surface area (Å²) in [4.78, 5) is 4.27.